The quantitative estimate of drug-likeness (QED) is 0.598. The Hall–Kier alpha value is -1.27. The largest absolute Gasteiger partial charge is 0.493 e. The van der Waals surface area contributed by atoms with Gasteiger partial charge in [-0.2, -0.15) is 0 Å². The zero-order chi connectivity index (χ0) is 15.0. The van der Waals surface area contributed by atoms with E-state index in [0.717, 1.165) is 21.0 Å². The third-order valence-corrected chi connectivity index (χ3v) is 5.61. The molecule has 6 heteroatoms. The number of para-hydroxylation sites is 1. The van der Waals surface area contributed by atoms with Crippen molar-refractivity contribution in [2.45, 2.75) is 42.5 Å². The van der Waals surface area contributed by atoms with E-state index >= 15 is 0 Å². The molecule has 0 bridgehead atoms. The molecule has 0 radical (unpaired) electrons. The molecule has 1 N–H and O–H groups in total. The number of nitrogens with zero attached hydrogens (tertiary/aromatic N) is 2. The maximum absolute atomic E-state index is 5.68. The van der Waals surface area contributed by atoms with Gasteiger partial charge in [0.1, 0.15) is 5.75 Å². The van der Waals surface area contributed by atoms with Gasteiger partial charge in [-0.1, -0.05) is 60.6 Å². The fraction of sp³-hybridized carbons (Fsp3) is 0.500. The van der Waals surface area contributed by atoms with Crippen LogP contribution in [0.15, 0.2) is 34.7 Å². The highest BCUT2D eigenvalue weighted by Gasteiger charge is 2.15. The molecular weight excluding hydrogens is 314 g/mol. The molecule has 0 atom stereocenters. The van der Waals surface area contributed by atoms with Gasteiger partial charge in [0.2, 0.25) is 5.13 Å². The predicted molar refractivity (Wildman–Crippen MR) is 93.1 cm³/mol. The van der Waals surface area contributed by atoms with E-state index in [9.17, 15) is 0 Å². The molecule has 118 valence electrons. The molecule has 0 unspecified atom stereocenters. The first-order valence-electron chi connectivity index (χ1n) is 7.81. The van der Waals surface area contributed by atoms with Gasteiger partial charge in [-0.15, -0.1) is 10.2 Å². The Morgan fingerprint density at radius 3 is 2.77 bits per heavy atom. The summed E-state index contributed by atoms with van der Waals surface area (Å²) in [5.41, 5.74) is 0. The van der Waals surface area contributed by atoms with E-state index in [0.29, 0.717) is 12.6 Å². The summed E-state index contributed by atoms with van der Waals surface area (Å²) >= 11 is 3.35. The topological polar surface area (TPSA) is 47.0 Å². The van der Waals surface area contributed by atoms with E-state index in [1.54, 1.807) is 23.1 Å². The molecule has 1 aliphatic carbocycles. The molecule has 1 aromatic heterocycles. The third-order valence-electron chi connectivity index (χ3n) is 3.66. The molecule has 1 saturated carbocycles. The summed E-state index contributed by atoms with van der Waals surface area (Å²) in [7, 11) is 0. The minimum absolute atomic E-state index is 0.584. The SMILES string of the molecule is c1ccc(OCCSc2nnc(NC3CCCCC3)s2)cc1. The Bertz CT molecular complexity index is 556. The van der Waals surface area contributed by atoms with Crippen LogP contribution in [0.25, 0.3) is 0 Å². The van der Waals surface area contributed by atoms with Gasteiger partial charge in [-0.25, -0.2) is 0 Å². The molecule has 1 fully saturated rings. The minimum atomic E-state index is 0.584. The molecule has 0 saturated heterocycles. The fourth-order valence-electron chi connectivity index (χ4n) is 2.55. The van der Waals surface area contributed by atoms with Crippen LogP contribution in [-0.4, -0.2) is 28.6 Å². The highest BCUT2D eigenvalue weighted by atomic mass is 32.2. The zero-order valence-electron chi connectivity index (χ0n) is 12.5. The first-order chi connectivity index (χ1) is 10.9. The van der Waals surface area contributed by atoms with Crippen molar-refractivity contribution in [3.05, 3.63) is 30.3 Å². The van der Waals surface area contributed by atoms with Gasteiger partial charge < -0.3 is 10.1 Å². The van der Waals surface area contributed by atoms with Crippen molar-refractivity contribution in [1.29, 1.82) is 0 Å². The molecule has 0 amide bonds. The van der Waals surface area contributed by atoms with E-state index in [-0.39, 0.29) is 0 Å². The molecule has 0 aliphatic heterocycles. The maximum Gasteiger partial charge on any atom is 0.206 e. The van der Waals surface area contributed by atoms with Crippen molar-refractivity contribution >= 4 is 28.2 Å². The molecule has 1 heterocycles. The second kappa shape index (κ2) is 8.39. The second-order valence-corrected chi connectivity index (χ2v) is 7.68. The molecule has 4 nitrogen and oxygen atoms in total. The van der Waals surface area contributed by atoms with Gasteiger partial charge >= 0.3 is 0 Å². The standard InChI is InChI=1S/C16H21N3OS2/c1-3-7-13(8-4-1)17-15-18-19-16(22-15)21-12-11-20-14-9-5-2-6-10-14/h2,5-6,9-10,13H,1,3-4,7-8,11-12H2,(H,17,18). The number of aromatic nitrogens is 2. The molecule has 1 aliphatic rings. The monoisotopic (exact) mass is 335 g/mol. The Morgan fingerprint density at radius 1 is 1.14 bits per heavy atom. The number of rotatable bonds is 7. The first kappa shape index (κ1) is 15.6. The van der Waals surface area contributed by atoms with E-state index in [1.807, 2.05) is 30.3 Å². The summed E-state index contributed by atoms with van der Waals surface area (Å²) in [4.78, 5) is 0. The molecule has 0 spiro atoms. The fourth-order valence-corrected chi connectivity index (χ4v) is 4.27. The van der Waals surface area contributed by atoms with Crippen LogP contribution < -0.4 is 10.1 Å². The van der Waals surface area contributed by atoms with Crippen LogP contribution in [0.2, 0.25) is 0 Å². The lowest BCUT2D eigenvalue weighted by molar-refractivity contribution is 0.344. The van der Waals surface area contributed by atoms with Gasteiger partial charge in [0.05, 0.1) is 6.61 Å². The number of benzene rings is 1. The first-order valence-corrected chi connectivity index (χ1v) is 9.61. The summed E-state index contributed by atoms with van der Waals surface area (Å²) in [6, 6.07) is 10.5. The summed E-state index contributed by atoms with van der Waals surface area (Å²) in [5.74, 6) is 1.80. The molecule has 1 aromatic carbocycles. The highest BCUT2D eigenvalue weighted by molar-refractivity contribution is 8.01. The number of anilines is 1. The predicted octanol–water partition coefficient (Wildman–Crippen LogP) is 4.45. The van der Waals surface area contributed by atoms with E-state index < -0.39 is 0 Å². The Kier molecular flexibility index (Phi) is 5.95. The summed E-state index contributed by atoms with van der Waals surface area (Å²) in [5, 5.41) is 13.0. The molecule has 3 rings (SSSR count). The summed E-state index contributed by atoms with van der Waals surface area (Å²) < 4.78 is 6.69. The second-order valence-electron chi connectivity index (χ2n) is 5.36. The minimum Gasteiger partial charge on any atom is -0.493 e. The van der Waals surface area contributed by atoms with Crippen LogP contribution >= 0.6 is 23.1 Å². The number of nitrogens with one attached hydrogen (secondary N) is 1. The van der Waals surface area contributed by atoms with Crippen molar-refractivity contribution in [2.75, 3.05) is 17.7 Å². The number of ether oxygens (including phenoxy) is 1. The third kappa shape index (κ3) is 4.88. The van der Waals surface area contributed by atoms with Crippen LogP contribution in [0.1, 0.15) is 32.1 Å². The average molecular weight is 335 g/mol. The Balaban J connectivity index is 1.38. The van der Waals surface area contributed by atoms with Crippen molar-refractivity contribution in [1.82, 2.24) is 10.2 Å². The Labute approximate surface area is 139 Å². The maximum atomic E-state index is 5.68. The van der Waals surface area contributed by atoms with E-state index in [2.05, 4.69) is 15.5 Å². The zero-order valence-corrected chi connectivity index (χ0v) is 14.2. The van der Waals surface area contributed by atoms with Gasteiger partial charge in [0.15, 0.2) is 4.34 Å². The van der Waals surface area contributed by atoms with Crippen LogP contribution in [0.4, 0.5) is 5.13 Å². The number of hydrogen-bond donors (Lipinski definition) is 1. The van der Waals surface area contributed by atoms with Gasteiger partial charge in [-0.3, -0.25) is 0 Å². The summed E-state index contributed by atoms with van der Waals surface area (Å²) in [6.45, 7) is 0.680. The van der Waals surface area contributed by atoms with Gasteiger partial charge in [-0.05, 0) is 25.0 Å². The highest BCUT2D eigenvalue weighted by Crippen LogP contribution is 2.28. The lowest BCUT2D eigenvalue weighted by atomic mass is 9.96. The van der Waals surface area contributed by atoms with Crippen LogP contribution in [0.3, 0.4) is 0 Å². The van der Waals surface area contributed by atoms with Crippen LogP contribution in [0, 0.1) is 0 Å². The van der Waals surface area contributed by atoms with Crippen molar-refractivity contribution < 1.29 is 4.74 Å². The van der Waals surface area contributed by atoms with Gasteiger partial charge in [0.25, 0.3) is 0 Å². The van der Waals surface area contributed by atoms with E-state index in [1.165, 1.54) is 32.1 Å². The van der Waals surface area contributed by atoms with Crippen LogP contribution in [0.5, 0.6) is 5.75 Å². The Morgan fingerprint density at radius 2 is 1.95 bits per heavy atom. The number of thioether (sulfide) groups is 1. The van der Waals surface area contributed by atoms with Crippen molar-refractivity contribution in [3.8, 4) is 5.75 Å². The average Bonchev–Trinajstić information content (AvgIpc) is 3.01. The van der Waals surface area contributed by atoms with Crippen LogP contribution in [-0.2, 0) is 0 Å². The lowest BCUT2D eigenvalue weighted by Gasteiger charge is -2.21. The summed E-state index contributed by atoms with van der Waals surface area (Å²) in [6.07, 6.45) is 6.54. The van der Waals surface area contributed by atoms with Crippen molar-refractivity contribution in [2.24, 2.45) is 0 Å². The number of hydrogen-bond acceptors (Lipinski definition) is 6. The smallest absolute Gasteiger partial charge is 0.206 e. The van der Waals surface area contributed by atoms with Crippen molar-refractivity contribution in [3.63, 3.8) is 0 Å². The molecular formula is C16H21N3OS2. The van der Waals surface area contributed by atoms with Gasteiger partial charge in [0, 0.05) is 11.8 Å². The molecule has 2 aromatic rings. The lowest BCUT2D eigenvalue weighted by Crippen LogP contribution is -2.21. The normalized spacial score (nSPS) is 15.6. The molecule has 22 heavy (non-hydrogen) atoms. The van der Waals surface area contributed by atoms with E-state index in [4.69, 9.17) is 4.74 Å².